The van der Waals surface area contributed by atoms with Gasteiger partial charge in [-0.05, 0) is 31.2 Å². The highest BCUT2D eigenvalue weighted by Gasteiger charge is 2.12. The van der Waals surface area contributed by atoms with Gasteiger partial charge >= 0.3 is 0 Å². The first-order valence-electron chi connectivity index (χ1n) is 7.87. The molecule has 2 heterocycles. The minimum Gasteiger partial charge on any atom is -0.492 e. The van der Waals surface area contributed by atoms with Crippen LogP contribution in [0.15, 0.2) is 59.5 Å². The Morgan fingerprint density at radius 2 is 2.08 bits per heavy atom. The van der Waals surface area contributed by atoms with Crippen LogP contribution in [0.1, 0.15) is 23.2 Å². The van der Waals surface area contributed by atoms with E-state index in [1.807, 2.05) is 31.2 Å². The van der Waals surface area contributed by atoms with Crippen LogP contribution < -0.4 is 15.4 Å². The summed E-state index contributed by atoms with van der Waals surface area (Å²) in [5.74, 6) is 1.59. The average molecular weight is 338 g/mol. The molecule has 0 spiro atoms. The summed E-state index contributed by atoms with van der Waals surface area (Å²) in [6, 6.07) is 12.5. The van der Waals surface area contributed by atoms with Crippen molar-refractivity contribution in [1.29, 1.82) is 0 Å². The number of nitrogens with zero attached hydrogens (tertiary/aromatic N) is 2. The molecule has 25 heavy (non-hydrogen) atoms. The first kappa shape index (κ1) is 16.5. The van der Waals surface area contributed by atoms with Gasteiger partial charge in [-0.3, -0.25) is 4.79 Å². The third kappa shape index (κ3) is 4.35. The van der Waals surface area contributed by atoms with Crippen LogP contribution in [0.3, 0.4) is 0 Å². The molecular formula is C18H18N4O3. The Balaban J connectivity index is 1.69. The maximum Gasteiger partial charge on any atom is 0.274 e. The number of amides is 1. The van der Waals surface area contributed by atoms with Crippen LogP contribution in [-0.4, -0.2) is 22.5 Å². The number of benzene rings is 1. The van der Waals surface area contributed by atoms with E-state index in [2.05, 4.69) is 20.6 Å². The van der Waals surface area contributed by atoms with Crippen molar-refractivity contribution in [1.82, 2.24) is 9.97 Å². The summed E-state index contributed by atoms with van der Waals surface area (Å²) in [5.41, 5.74) is 0.848. The Hall–Kier alpha value is -3.35. The van der Waals surface area contributed by atoms with Crippen molar-refractivity contribution < 1.29 is 13.9 Å². The second-order valence-corrected chi connectivity index (χ2v) is 5.10. The van der Waals surface area contributed by atoms with Crippen LogP contribution in [0.5, 0.6) is 5.75 Å². The molecule has 7 nitrogen and oxygen atoms in total. The van der Waals surface area contributed by atoms with Crippen molar-refractivity contribution in [3.63, 3.8) is 0 Å². The maximum absolute atomic E-state index is 12.5. The van der Waals surface area contributed by atoms with Crippen LogP contribution in [0.2, 0.25) is 0 Å². The molecule has 2 N–H and O–H groups in total. The molecule has 0 aliphatic heterocycles. The minimum atomic E-state index is -0.337. The molecule has 0 fully saturated rings. The van der Waals surface area contributed by atoms with Gasteiger partial charge in [0.2, 0.25) is 0 Å². The number of hydrogen-bond acceptors (Lipinski definition) is 6. The van der Waals surface area contributed by atoms with Gasteiger partial charge in [-0.25, -0.2) is 9.97 Å². The smallest absolute Gasteiger partial charge is 0.274 e. The van der Waals surface area contributed by atoms with Crippen molar-refractivity contribution in [3.05, 3.63) is 66.5 Å². The second kappa shape index (κ2) is 7.96. The fourth-order valence-electron chi connectivity index (χ4n) is 2.21. The highest BCUT2D eigenvalue weighted by atomic mass is 16.5. The van der Waals surface area contributed by atoms with Crippen molar-refractivity contribution in [2.45, 2.75) is 13.5 Å². The van der Waals surface area contributed by atoms with Gasteiger partial charge in [0.1, 0.15) is 29.3 Å². The number of anilines is 2. The highest BCUT2D eigenvalue weighted by molar-refractivity contribution is 6.04. The van der Waals surface area contributed by atoms with E-state index < -0.39 is 0 Å². The summed E-state index contributed by atoms with van der Waals surface area (Å²) in [6.07, 6.45) is 2.94. The summed E-state index contributed by atoms with van der Waals surface area (Å²) >= 11 is 0. The summed E-state index contributed by atoms with van der Waals surface area (Å²) in [6.45, 7) is 2.87. The summed E-state index contributed by atoms with van der Waals surface area (Å²) < 4.78 is 10.8. The SMILES string of the molecule is CCOc1ccccc1NC(=O)c1cc(NCc2ccco2)ncn1. The summed E-state index contributed by atoms with van der Waals surface area (Å²) in [5, 5.41) is 5.90. The molecule has 0 saturated heterocycles. The molecule has 0 bridgehead atoms. The number of rotatable bonds is 7. The third-order valence-electron chi connectivity index (χ3n) is 3.36. The van der Waals surface area contributed by atoms with E-state index in [1.54, 1.807) is 24.5 Å². The van der Waals surface area contributed by atoms with Crippen LogP contribution in [0.4, 0.5) is 11.5 Å². The first-order chi connectivity index (χ1) is 12.3. The van der Waals surface area contributed by atoms with E-state index in [4.69, 9.17) is 9.15 Å². The fraction of sp³-hybridized carbons (Fsp3) is 0.167. The van der Waals surface area contributed by atoms with Gasteiger partial charge in [0, 0.05) is 6.07 Å². The van der Waals surface area contributed by atoms with E-state index >= 15 is 0 Å². The van der Waals surface area contributed by atoms with E-state index in [-0.39, 0.29) is 11.6 Å². The normalized spacial score (nSPS) is 10.3. The van der Waals surface area contributed by atoms with E-state index in [1.165, 1.54) is 6.33 Å². The highest BCUT2D eigenvalue weighted by Crippen LogP contribution is 2.24. The van der Waals surface area contributed by atoms with Crippen molar-refractivity contribution in [2.75, 3.05) is 17.2 Å². The number of ether oxygens (including phenoxy) is 1. The van der Waals surface area contributed by atoms with Gasteiger partial charge in [0.15, 0.2) is 0 Å². The molecule has 0 aliphatic rings. The lowest BCUT2D eigenvalue weighted by molar-refractivity contribution is 0.102. The van der Waals surface area contributed by atoms with Crippen molar-refractivity contribution in [3.8, 4) is 5.75 Å². The Labute approximate surface area is 145 Å². The number of furan rings is 1. The van der Waals surface area contributed by atoms with E-state index in [0.717, 1.165) is 5.76 Å². The topological polar surface area (TPSA) is 89.3 Å². The molecule has 1 amide bonds. The van der Waals surface area contributed by atoms with Crippen LogP contribution in [0, 0.1) is 0 Å². The van der Waals surface area contributed by atoms with E-state index in [9.17, 15) is 4.79 Å². The van der Waals surface area contributed by atoms with Crippen molar-refractivity contribution in [2.24, 2.45) is 0 Å². The Kier molecular flexibility index (Phi) is 5.26. The van der Waals surface area contributed by atoms with Gasteiger partial charge in [0.05, 0.1) is 25.1 Å². The third-order valence-corrected chi connectivity index (χ3v) is 3.36. The molecular weight excluding hydrogens is 320 g/mol. The number of hydrogen-bond donors (Lipinski definition) is 2. The molecule has 0 atom stereocenters. The maximum atomic E-state index is 12.5. The van der Waals surface area contributed by atoms with Gasteiger partial charge in [-0.15, -0.1) is 0 Å². The predicted molar refractivity (Wildman–Crippen MR) is 93.6 cm³/mol. The standard InChI is InChI=1S/C18H18N4O3/c1-2-24-16-8-4-3-7-14(16)22-18(23)15-10-17(21-12-20-15)19-11-13-6-5-9-25-13/h3-10,12H,2,11H2,1H3,(H,22,23)(H,19,20,21). The van der Waals surface area contributed by atoms with Crippen LogP contribution in [-0.2, 0) is 6.54 Å². The Bertz CT molecular complexity index is 834. The number of carbonyl (C=O) groups excluding carboxylic acids is 1. The first-order valence-corrected chi connectivity index (χ1v) is 7.87. The second-order valence-electron chi connectivity index (χ2n) is 5.10. The molecule has 1 aromatic carbocycles. The fourth-order valence-corrected chi connectivity index (χ4v) is 2.21. The largest absolute Gasteiger partial charge is 0.492 e. The molecule has 2 aromatic heterocycles. The molecule has 0 aliphatic carbocycles. The minimum absolute atomic E-state index is 0.253. The van der Waals surface area contributed by atoms with Gasteiger partial charge in [-0.2, -0.15) is 0 Å². The van der Waals surface area contributed by atoms with Crippen LogP contribution in [0.25, 0.3) is 0 Å². The lowest BCUT2D eigenvalue weighted by Gasteiger charge is -2.11. The molecule has 7 heteroatoms. The number of aromatic nitrogens is 2. The number of nitrogens with one attached hydrogen (secondary N) is 2. The van der Waals surface area contributed by atoms with E-state index in [0.29, 0.717) is 30.4 Å². The van der Waals surface area contributed by atoms with Gasteiger partial charge in [0.25, 0.3) is 5.91 Å². The van der Waals surface area contributed by atoms with Gasteiger partial charge in [-0.1, -0.05) is 12.1 Å². The molecule has 3 rings (SSSR count). The monoisotopic (exact) mass is 338 g/mol. The number of carbonyl (C=O) groups is 1. The Morgan fingerprint density at radius 3 is 2.88 bits per heavy atom. The molecule has 128 valence electrons. The van der Waals surface area contributed by atoms with Gasteiger partial charge < -0.3 is 19.8 Å². The quantitative estimate of drug-likeness (QED) is 0.687. The number of para-hydroxylation sites is 2. The zero-order valence-electron chi connectivity index (χ0n) is 13.7. The molecule has 0 unspecified atom stereocenters. The predicted octanol–water partition coefficient (Wildman–Crippen LogP) is 3.33. The molecule has 3 aromatic rings. The molecule has 0 radical (unpaired) electrons. The average Bonchev–Trinajstić information content (AvgIpc) is 3.16. The zero-order valence-corrected chi connectivity index (χ0v) is 13.7. The zero-order chi connectivity index (χ0) is 17.5. The lowest BCUT2D eigenvalue weighted by Crippen LogP contribution is -2.15. The van der Waals surface area contributed by atoms with Crippen LogP contribution >= 0.6 is 0 Å². The Morgan fingerprint density at radius 1 is 1.20 bits per heavy atom. The summed E-state index contributed by atoms with van der Waals surface area (Å²) in [7, 11) is 0. The molecule has 0 saturated carbocycles. The van der Waals surface area contributed by atoms with Crippen molar-refractivity contribution >= 4 is 17.4 Å². The lowest BCUT2D eigenvalue weighted by atomic mass is 10.2. The summed E-state index contributed by atoms with van der Waals surface area (Å²) in [4.78, 5) is 20.6.